The van der Waals surface area contributed by atoms with E-state index in [9.17, 15) is 13.6 Å². The molecule has 0 bridgehead atoms. The van der Waals surface area contributed by atoms with Crippen LogP contribution in [0.25, 0.3) is 0 Å². The van der Waals surface area contributed by atoms with E-state index in [4.69, 9.17) is 5.73 Å². The van der Waals surface area contributed by atoms with E-state index < -0.39 is 12.2 Å². The van der Waals surface area contributed by atoms with Crippen LogP contribution in [0.4, 0.5) is 8.78 Å². The zero-order chi connectivity index (χ0) is 19.6. The highest BCUT2D eigenvalue weighted by Gasteiger charge is 2.49. The second kappa shape index (κ2) is 7.34. The molecule has 5 nitrogen and oxygen atoms in total. The summed E-state index contributed by atoms with van der Waals surface area (Å²) < 4.78 is 30.1. The zero-order valence-corrected chi connectivity index (χ0v) is 15.2. The van der Waals surface area contributed by atoms with Crippen LogP contribution in [0.2, 0.25) is 0 Å². The molecular weight excluding hydrogens is 352 g/mol. The number of nitrogens with zero attached hydrogens (tertiary/aromatic N) is 2. The number of halogens is 2. The van der Waals surface area contributed by atoms with Gasteiger partial charge in [0.15, 0.2) is 11.5 Å². The summed E-state index contributed by atoms with van der Waals surface area (Å²) in [6.45, 7) is -0.973. The van der Waals surface area contributed by atoms with Crippen molar-refractivity contribution in [3.05, 3.63) is 65.2 Å². The van der Waals surface area contributed by atoms with Crippen molar-refractivity contribution in [1.82, 2.24) is 4.90 Å². The van der Waals surface area contributed by atoms with Gasteiger partial charge in [0.2, 0.25) is 0 Å². The van der Waals surface area contributed by atoms with Gasteiger partial charge in [-0.25, -0.2) is 4.99 Å². The van der Waals surface area contributed by atoms with Gasteiger partial charge in [-0.3, -0.25) is 9.69 Å². The first-order valence-corrected chi connectivity index (χ1v) is 8.67. The lowest BCUT2D eigenvalue weighted by atomic mass is 9.82. The van der Waals surface area contributed by atoms with E-state index >= 15 is 0 Å². The van der Waals surface area contributed by atoms with Crippen molar-refractivity contribution in [3.63, 3.8) is 0 Å². The lowest BCUT2D eigenvalue weighted by molar-refractivity contribution is -0.129. The number of guanidine groups is 1. The Balaban J connectivity index is 2.20. The minimum Gasteiger partial charge on any atom is -0.435 e. The highest BCUT2D eigenvalue weighted by Crippen LogP contribution is 2.40. The number of aliphatic imine (C=N–C) groups is 1. The van der Waals surface area contributed by atoms with Crippen molar-refractivity contribution in [2.24, 2.45) is 10.7 Å². The molecule has 0 aliphatic carbocycles. The molecule has 0 radical (unpaired) electrons. The first-order chi connectivity index (χ1) is 12.9. The van der Waals surface area contributed by atoms with E-state index in [-0.39, 0.29) is 17.6 Å². The Kier molecular flexibility index (Phi) is 5.12. The summed E-state index contributed by atoms with van der Waals surface area (Å²) in [5.74, 6) is -0.0838. The second-order valence-corrected chi connectivity index (χ2v) is 6.36. The fraction of sp³-hybridized carbons (Fsp3) is 0.300. The summed E-state index contributed by atoms with van der Waals surface area (Å²) in [6, 6.07) is 13.9. The molecule has 2 aromatic rings. The minimum atomic E-state index is -2.91. The van der Waals surface area contributed by atoms with Gasteiger partial charge in [0.1, 0.15) is 5.75 Å². The van der Waals surface area contributed by atoms with E-state index in [1.165, 1.54) is 11.0 Å². The van der Waals surface area contributed by atoms with Crippen LogP contribution in [-0.4, -0.2) is 30.4 Å². The molecule has 1 atom stereocenters. The van der Waals surface area contributed by atoms with Gasteiger partial charge < -0.3 is 10.5 Å². The van der Waals surface area contributed by atoms with Crippen molar-refractivity contribution in [3.8, 4) is 5.75 Å². The van der Waals surface area contributed by atoms with Gasteiger partial charge in [-0.15, -0.1) is 0 Å². The molecule has 0 spiro atoms. The monoisotopic (exact) mass is 373 g/mol. The van der Waals surface area contributed by atoms with Crippen LogP contribution in [0.3, 0.4) is 0 Å². The Hall–Kier alpha value is -2.96. The normalized spacial score (nSPS) is 19.5. The molecule has 0 aromatic heterocycles. The number of amides is 1. The predicted molar refractivity (Wildman–Crippen MR) is 98.7 cm³/mol. The number of likely N-dealkylation sites (N-methyl/N-ethyl adjacent to an activating group) is 1. The number of benzene rings is 2. The molecule has 27 heavy (non-hydrogen) atoms. The van der Waals surface area contributed by atoms with Gasteiger partial charge in [0, 0.05) is 7.05 Å². The second-order valence-electron chi connectivity index (χ2n) is 6.36. The quantitative estimate of drug-likeness (QED) is 0.845. The number of carbonyl (C=O) groups excluding carboxylic acids is 1. The van der Waals surface area contributed by atoms with Crippen LogP contribution in [-0.2, 0) is 16.8 Å². The van der Waals surface area contributed by atoms with E-state index in [0.29, 0.717) is 23.1 Å². The smallest absolute Gasteiger partial charge is 0.387 e. The third-order valence-corrected chi connectivity index (χ3v) is 4.65. The number of carbonyl (C=O) groups is 1. The summed E-state index contributed by atoms with van der Waals surface area (Å²) in [7, 11) is 1.56. The Morgan fingerprint density at radius 1 is 1.19 bits per heavy atom. The van der Waals surface area contributed by atoms with Crippen LogP contribution in [0.15, 0.2) is 53.5 Å². The summed E-state index contributed by atoms with van der Waals surface area (Å²) >= 11 is 0. The van der Waals surface area contributed by atoms with Crippen LogP contribution in [0.5, 0.6) is 5.75 Å². The number of nitrogens with two attached hydrogens (primary N) is 1. The number of aryl methyl sites for hydroxylation is 1. The average molecular weight is 373 g/mol. The van der Waals surface area contributed by atoms with Gasteiger partial charge >= 0.3 is 6.61 Å². The van der Waals surface area contributed by atoms with Crippen molar-refractivity contribution in [1.29, 1.82) is 0 Å². The van der Waals surface area contributed by atoms with Gasteiger partial charge in [0.25, 0.3) is 5.91 Å². The van der Waals surface area contributed by atoms with Gasteiger partial charge in [0.05, 0.1) is 0 Å². The molecule has 1 aliphatic rings. The molecule has 0 fully saturated rings. The Morgan fingerprint density at radius 2 is 1.89 bits per heavy atom. The minimum absolute atomic E-state index is 0.105. The average Bonchev–Trinajstić information content (AvgIpc) is 2.89. The number of hydrogen-bond acceptors (Lipinski definition) is 4. The SMILES string of the molecule is CCCc1cc(C2(c3ccccc3)N=C(N)N(C)C2=O)ccc1OC(F)F. The van der Waals surface area contributed by atoms with Crippen LogP contribution < -0.4 is 10.5 Å². The lowest BCUT2D eigenvalue weighted by Gasteiger charge is -2.27. The van der Waals surface area contributed by atoms with Gasteiger partial charge in [-0.2, -0.15) is 8.78 Å². The third-order valence-electron chi connectivity index (χ3n) is 4.65. The molecule has 3 rings (SSSR count). The number of rotatable bonds is 6. The first kappa shape index (κ1) is 18.8. The fourth-order valence-corrected chi connectivity index (χ4v) is 3.34. The summed E-state index contributed by atoms with van der Waals surface area (Å²) in [5, 5.41) is 0. The maximum atomic E-state index is 13.2. The molecule has 1 heterocycles. The largest absolute Gasteiger partial charge is 0.435 e. The van der Waals surface area contributed by atoms with E-state index in [1.807, 2.05) is 25.1 Å². The third kappa shape index (κ3) is 3.25. The fourth-order valence-electron chi connectivity index (χ4n) is 3.34. The molecule has 0 saturated carbocycles. The molecule has 7 heteroatoms. The summed E-state index contributed by atoms with van der Waals surface area (Å²) in [5.41, 5.74) is 6.43. The van der Waals surface area contributed by atoms with E-state index in [2.05, 4.69) is 9.73 Å². The molecule has 1 amide bonds. The van der Waals surface area contributed by atoms with E-state index in [0.717, 1.165) is 6.42 Å². The van der Waals surface area contributed by atoms with Crippen LogP contribution >= 0.6 is 0 Å². The standard InChI is InChI=1S/C20H21F2N3O2/c1-3-7-13-12-15(10-11-16(13)27-18(21)22)20(14-8-5-4-6-9-14)17(26)25(2)19(23)24-20/h4-6,8-12,18H,3,7H2,1-2H3,(H2,23,24). The number of hydrogen-bond donors (Lipinski definition) is 1. The molecule has 2 N–H and O–H groups in total. The molecule has 1 unspecified atom stereocenters. The molecule has 0 saturated heterocycles. The maximum absolute atomic E-state index is 13.2. The van der Waals surface area contributed by atoms with Crippen molar-refractivity contribution in [2.45, 2.75) is 31.9 Å². The predicted octanol–water partition coefficient (Wildman–Crippen LogP) is 3.27. The molecular formula is C20H21F2N3O2. The topological polar surface area (TPSA) is 67.9 Å². The van der Waals surface area contributed by atoms with Gasteiger partial charge in [-0.05, 0) is 35.2 Å². The van der Waals surface area contributed by atoms with Crippen LogP contribution in [0.1, 0.15) is 30.0 Å². The van der Waals surface area contributed by atoms with Crippen molar-refractivity contribution in [2.75, 3.05) is 7.05 Å². The van der Waals surface area contributed by atoms with Crippen molar-refractivity contribution < 1.29 is 18.3 Å². The first-order valence-electron chi connectivity index (χ1n) is 8.67. The van der Waals surface area contributed by atoms with Crippen LogP contribution in [0, 0.1) is 0 Å². The van der Waals surface area contributed by atoms with Gasteiger partial charge in [-0.1, -0.05) is 49.7 Å². The van der Waals surface area contributed by atoms with Crippen molar-refractivity contribution >= 4 is 11.9 Å². The zero-order valence-electron chi connectivity index (χ0n) is 15.2. The Morgan fingerprint density at radius 3 is 2.44 bits per heavy atom. The maximum Gasteiger partial charge on any atom is 0.387 e. The molecule has 1 aliphatic heterocycles. The lowest BCUT2D eigenvalue weighted by Crippen LogP contribution is -2.41. The Bertz CT molecular complexity index is 871. The number of ether oxygens (including phenoxy) is 1. The Labute approximate surface area is 156 Å². The highest BCUT2D eigenvalue weighted by atomic mass is 19.3. The summed E-state index contributed by atoms with van der Waals surface area (Å²) in [6.07, 6.45) is 1.27. The number of alkyl halides is 2. The summed E-state index contributed by atoms with van der Waals surface area (Å²) in [4.78, 5) is 18.9. The molecule has 2 aromatic carbocycles. The van der Waals surface area contributed by atoms with E-state index in [1.54, 1.807) is 31.3 Å². The molecule has 142 valence electrons. The highest BCUT2D eigenvalue weighted by molar-refractivity contribution is 6.08.